The largest absolute Gasteiger partial charge is 0.385 e. The first-order valence-corrected chi connectivity index (χ1v) is 16.6. The molecule has 2 saturated carbocycles. The molecule has 8 nitrogen and oxygen atoms in total. The number of carbonyl (C=O) groups is 2. The van der Waals surface area contributed by atoms with E-state index in [1.54, 1.807) is 24.1 Å². The van der Waals surface area contributed by atoms with Gasteiger partial charge in [-0.15, -0.1) is 0 Å². The number of rotatable bonds is 14. The van der Waals surface area contributed by atoms with E-state index in [0.717, 1.165) is 28.5 Å². The zero-order valence-electron chi connectivity index (χ0n) is 25.3. The fraction of sp³-hybridized carbons (Fsp3) is 0.515. The smallest absolute Gasteiger partial charge is 0.238 e. The summed E-state index contributed by atoms with van der Waals surface area (Å²) in [5, 5.41) is 1.07. The molecule has 2 unspecified atom stereocenters. The molecular formula is C33H42FN3O5S. The van der Waals surface area contributed by atoms with Crippen LogP contribution in [0, 0.1) is 22.6 Å². The Bertz CT molecular complexity index is 1570. The van der Waals surface area contributed by atoms with Gasteiger partial charge in [-0.2, -0.15) is 4.31 Å². The Labute approximate surface area is 253 Å². The Balaban J connectivity index is 1.38. The summed E-state index contributed by atoms with van der Waals surface area (Å²) in [5.41, 5.74) is 1.46. The minimum Gasteiger partial charge on any atom is -0.385 e. The van der Waals surface area contributed by atoms with Crippen molar-refractivity contribution in [3.05, 3.63) is 71.7 Å². The highest BCUT2D eigenvalue weighted by Gasteiger charge is 2.65. The maximum absolute atomic E-state index is 14.1. The van der Waals surface area contributed by atoms with Crippen LogP contribution in [0.4, 0.5) is 4.39 Å². The van der Waals surface area contributed by atoms with Crippen molar-refractivity contribution in [1.29, 1.82) is 0 Å². The van der Waals surface area contributed by atoms with Crippen LogP contribution in [0.2, 0.25) is 0 Å². The van der Waals surface area contributed by atoms with Crippen LogP contribution >= 0.6 is 0 Å². The molecule has 232 valence electrons. The summed E-state index contributed by atoms with van der Waals surface area (Å²) in [5.74, 6) is -0.778. The number of methoxy groups -OCH3 is 1. The highest BCUT2D eigenvalue weighted by Crippen LogP contribution is 2.64. The monoisotopic (exact) mass is 611 g/mol. The van der Waals surface area contributed by atoms with Gasteiger partial charge in [0.2, 0.25) is 15.9 Å². The van der Waals surface area contributed by atoms with Crippen molar-refractivity contribution in [2.45, 2.75) is 52.5 Å². The molecule has 1 heterocycles. The van der Waals surface area contributed by atoms with E-state index < -0.39 is 20.9 Å². The molecule has 2 bridgehead atoms. The highest BCUT2D eigenvalue weighted by molar-refractivity contribution is 7.89. The standard InChI is InChI=1S/C33H42FN3O5S/c1-32(2)26-13-15-33(32,30(38)19-26)23-43(40,41)37(16-6-18-42-3)22-31(39)36(21-24-9-11-27(34)12-10-24)17-14-25-20-35-29-8-5-4-7-28(25)29/h4-5,7-12,20,26,35H,6,13-19,21-23H2,1-3H3. The molecule has 2 atom stereocenters. The van der Waals surface area contributed by atoms with Crippen molar-refractivity contribution in [3.63, 3.8) is 0 Å². The van der Waals surface area contributed by atoms with E-state index in [2.05, 4.69) is 4.98 Å². The number of ether oxygens (including phenoxy) is 1. The van der Waals surface area contributed by atoms with Crippen LogP contribution in [-0.4, -0.2) is 73.4 Å². The zero-order chi connectivity index (χ0) is 30.8. The number of aromatic nitrogens is 1. The number of H-pyrrole nitrogens is 1. The minimum absolute atomic E-state index is 0.0251. The van der Waals surface area contributed by atoms with Gasteiger partial charge in [0.15, 0.2) is 0 Å². The fourth-order valence-electron chi connectivity index (χ4n) is 7.16. The maximum atomic E-state index is 14.1. The average molecular weight is 612 g/mol. The third kappa shape index (κ3) is 6.28. The van der Waals surface area contributed by atoms with E-state index in [9.17, 15) is 22.4 Å². The number of benzene rings is 2. The molecule has 0 spiro atoms. The van der Waals surface area contributed by atoms with Gasteiger partial charge < -0.3 is 14.6 Å². The van der Waals surface area contributed by atoms with E-state index in [0.29, 0.717) is 38.8 Å². The summed E-state index contributed by atoms with van der Waals surface area (Å²) in [6, 6.07) is 13.9. The molecule has 1 amide bonds. The van der Waals surface area contributed by atoms with Gasteiger partial charge in [0.1, 0.15) is 11.6 Å². The lowest BCUT2D eigenvalue weighted by Gasteiger charge is -2.38. The number of ketones is 1. The van der Waals surface area contributed by atoms with E-state index in [4.69, 9.17) is 4.74 Å². The van der Waals surface area contributed by atoms with Crippen LogP contribution in [0.5, 0.6) is 0 Å². The third-order valence-electron chi connectivity index (χ3n) is 9.99. The lowest BCUT2D eigenvalue weighted by Crippen LogP contribution is -2.49. The van der Waals surface area contributed by atoms with Gasteiger partial charge in [0, 0.05) is 62.3 Å². The SMILES string of the molecule is COCCCN(CC(=O)N(CCc1c[nH]c2ccccc12)Cc1ccc(F)cc1)S(=O)(=O)CC12CCC(CC1=O)C2(C)C. The predicted octanol–water partition coefficient (Wildman–Crippen LogP) is 4.94. The summed E-state index contributed by atoms with van der Waals surface area (Å²) in [6.07, 6.45) is 4.73. The molecule has 43 heavy (non-hydrogen) atoms. The molecule has 3 aromatic rings. The number of para-hydroxylation sites is 1. The molecule has 10 heteroatoms. The van der Waals surface area contributed by atoms with Crippen LogP contribution in [0.25, 0.3) is 10.9 Å². The number of aromatic amines is 1. The van der Waals surface area contributed by atoms with Crippen molar-refractivity contribution in [3.8, 4) is 0 Å². The molecule has 2 aliphatic carbocycles. The number of amides is 1. The summed E-state index contributed by atoms with van der Waals surface area (Å²) >= 11 is 0. The molecule has 0 radical (unpaired) electrons. The number of carbonyl (C=O) groups excluding carboxylic acids is 2. The van der Waals surface area contributed by atoms with Gasteiger partial charge in [0.05, 0.1) is 12.3 Å². The van der Waals surface area contributed by atoms with Gasteiger partial charge in [-0.1, -0.05) is 44.2 Å². The van der Waals surface area contributed by atoms with Crippen molar-refractivity contribution in [2.24, 2.45) is 16.7 Å². The maximum Gasteiger partial charge on any atom is 0.238 e. The van der Waals surface area contributed by atoms with Crippen LogP contribution in [-0.2, 0) is 37.3 Å². The van der Waals surface area contributed by atoms with Crippen molar-refractivity contribution in [2.75, 3.05) is 39.1 Å². The lowest BCUT2D eigenvalue weighted by atomic mass is 9.70. The van der Waals surface area contributed by atoms with Crippen molar-refractivity contribution < 1.29 is 27.1 Å². The topological polar surface area (TPSA) is 99.8 Å². The molecule has 1 aromatic heterocycles. The molecular weight excluding hydrogens is 569 g/mol. The molecule has 0 aliphatic heterocycles. The minimum atomic E-state index is -3.97. The summed E-state index contributed by atoms with van der Waals surface area (Å²) in [4.78, 5) is 32.0. The number of hydrogen-bond acceptors (Lipinski definition) is 5. The first-order chi connectivity index (χ1) is 20.5. The normalized spacial score (nSPS) is 21.2. The Morgan fingerprint density at radius 3 is 2.53 bits per heavy atom. The number of Topliss-reactive ketones (excluding diaryl/α,β-unsaturated/α-hetero) is 1. The Morgan fingerprint density at radius 1 is 1.12 bits per heavy atom. The molecule has 2 aromatic carbocycles. The van der Waals surface area contributed by atoms with Gasteiger partial charge in [-0.25, -0.2) is 12.8 Å². The van der Waals surface area contributed by atoms with E-state index in [1.807, 2.05) is 44.3 Å². The van der Waals surface area contributed by atoms with Crippen LogP contribution in [0.3, 0.4) is 0 Å². The Hall–Kier alpha value is -3.08. The number of nitrogens with zero attached hydrogens (tertiary/aromatic N) is 2. The molecule has 1 N–H and O–H groups in total. The zero-order valence-corrected chi connectivity index (χ0v) is 26.1. The highest BCUT2D eigenvalue weighted by atomic mass is 32.2. The number of hydrogen-bond donors (Lipinski definition) is 1. The number of sulfonamides is 1. The van der Waals surface area contributed by atoms with Crippen molar-refractivity contribution in [1.82, 2.24) is 14.2 Å². The van der Waals surface area contributed by atoms with E-state index >= 15 is 0 Å². The number of nitrogens with one attached hydrogen (secondary N) is 1. The summed E-state index contributed by atoms with van der Waals surface area (Å²) in [6.45, 7) is 4.71. The Morgan fingerprint density at radius 2 is 1.86 bits per heavy atom. The molecule has 0 saturated heterocycles. The second kappa shape index (κ2) is 12.5. The van der Waals surface area contributed by atoms with E-state index in [-0.39, 0.29) is 48.8 Å². The second-order valence-electron chi connectivity index (χ2n) is 12.7. The summed E-state index contributed by atoms with van der Waals surface area (Å²) < 4.78 is 48.2. The van der Waals surface area contributed by atoms with Crippen LogP contribution < -0.4 is 0 Å². The Kier molecular flexibility index (Phi) is 9.11. The van der Waals surface area contributed by atoms with Gasteiger partial charge >= 0.3 is 0 Å². The van der Waals surface area contributed by atoms with Gasteiger partial charge in [-0.3, -0.25) is 9.59 Å². The molecule has 2 aliphatic rings. The first kappa shape index (κ1) is 31.3. The van der Waals surface area contributed by atoms with Crippen LogP contribution in [0.1, 0.15) is 50.7 Å². The van der Waals surface area contributed by atoms with E-state index in [1.165, 1.54) is 16.4 Å². The number of halogens is 1. The summed E-state index contributed by atoms with van der Waals surface area (Å²) in [7, 11) is -2.42. The average Bonchev–Trinajstić information content (AvgIpc) is 3.55. The number of fused-ring (bicyclic) bond motifs is 3. The molecule has 2 fully saturated rings. The van der Waals surface area contributed by atoms with Gasteiger partial charge in [0.25, 0.3) is 0 Å². The lowest BCUT2D eigenvalue weighted by molar-refractivity contribution is -0.132. The fourth-order valence-corrected chi connectivity index (χ4v) is 9.36. The van der Waals surface area contributed by atoms with Gasteiger partial charge in [-0.05, 0) is 66.3 Å². The quantitative estimate of drug-likeness (QED) is 0.260. The third-order valence-corrected chi connectivity index (χ3v) is 12.0. The van der Waals surface area contributed by atoms with Crippen LogP contribution in [0.15, 0.2) is 54.7 Å². The first-order valence-electron chi connectivity index (χ1n) is 15.0. The van der Waals surface area contributed by atoms with Crippen molar-refractivity contribution >= 4 is 32.6 Å². The molecule has 5 rings (SSSR count). The predicted molar refractivity (Wildman–Crippen MR) is 164 cm³/mol. The second-order valence-corrected chi connectivity index (χ2v) is 14.6.